The van der Waals surface area contributed by atoms with E-state index >= 15 is 0 Å². The van der Waals surface area contributed by atoms with Gasteiger partial charge in [-0.1, -0.05) is 30.3 Å². The Kier molecular flexibility index (Phi) is 4.84. The molecule has 25 heavy (non-hydrogen) atoms. The predicted octanol–water partition coefficient (Wildman–Crippen LogP) is 3.07. The van der Waals surface area contributed by atoms with Crippen molar-refractivity contribution in [1.29, 1.82) is 0 Å². The van der Waals surface area contributed by atoms with Gasteiger partial charge in [-0.25, -0.2) is 9.37 Å². The molecule has 0 aliphatic carbocycles. The molecule has 4 N–H and O–H groups in total. The normalized spacial score (nSPS) is 10.3. The highest BCUT2D eigenvalue weighted by atomic mass is 19.1. The zero-order chi connectivity index (χ0) is 17.6. The molecule has 3 aromatic rings. The van der Waals surface area contributed by atoms with Crippen LogP contribution in [0.4, 0.5) is 21.8 Å². The van der Waals surface area contributed by atoms with E-state index in [9.17, 15) is 9.18 Å². The summed E-state index contributed by atoms with van der Waals surface area (Å²) in [5.74, 6) is -0.272. The molecule has 0 saturated carbocycles. The number of anilines is 3. The van der Waals surface area contributed by atoms with Crippen LogP contribution in [0.3, 0.4) is 0 Å². The van der Waals surface area contributed by atoms with Gasteiger partial charge in [-0.15, -0.1) is 0 Å². The Bertz CT molecular complexity index is 868. The summed E-state index contributed by atoms with van der Waals surface area (Å²) in [6.07, 6.45) is 1.37. The van der Waals surface area contributed by atoms with Crippen LogP contribution in [-0.2, 0) is 6.54 Å². The summed E-state index contributed by atoms with van der Waals surface area (Å²) in [6, 6.07) is 15.4. The molecular formula is C18H16FN5O. The number of aromatic nitrogens is 2. The summed E-state index contributed by atoms with van der Waals surface area (Å²) in [7, 11) is 0. The van der Waals surface area contributed by atoms with Gasteiger partial charge in [-0.2, -0.15) is 4.98 Å². The minimum atomic E-state index is -0.622. The Morgan fingerprint density at radius 2 is 1.80 bits per heavy atom. The highest BCUT2D eigenvalue weighted by molar-refractivity contribution is 5.98. The highest BCUT2D eigenvalue weighted by Gasteiger charge is 2.12. The van der Waals surface area contributed by atoms with E-state index in [0.29, 0.717) is 18.3 Å². The molecule has 2 aromatic carbocycles. The van der Waals surface area contributed by atoms with Crippen LogP contribution in [0.1, 0.15) is 15.9 Å². The van der Waals surface area contributed by atoms with Gasteiger partial charge in [-0.05, 0) is 29.8 Å². The van der Waals surface area contributed by atoms with Crippen molar-refractivity contribution in [2.24, 2.45) is 5.73 Å². The van der Waals surface area contributed by atoms with Gasteiger partial charge < -0.3 is 16.4 Å². The second-order valence-electron chi connectivity index (χ2n) is 5.29. The quantitative estimate of drug-likeness (QED) is 0.643. The molecule has 0 spiro atoms. The van der Waals surface area contributed by atoms with Crippen molar-refractivity contribution in [3.63, 3.8) is 0 Å². The number of hydrogen-bond acceptors (Lipinski definition) is 5. The lowest BCUT2D eigenvalue weighted by atomic mass is 10.2. The molecule has 7 heteroatoms. The van der Waals surface area contributed by atoms with Crippen LogP contribution in [-0.4, -0.2) is 15.9 Å². The Balaban J connectivity index is 1.79. The zero-order valence-electron chi connectivity index (χ0n) is 13.2. The number of nitrogens with one attached hydrogen (secondary N) is 2. The number of carbonyl (C=O) groups excluding carboxylic acids is 1. The lowest BCUT2D eigenvalue weighted by Gasteiger charge is -2.11. The molecule has 0 saturated heterocycles. The fourth-order valence-corrected chi connectivity index (χ4v) is 2.18. The number of para-hydroxylation sites is 1. The van der Waals surface area contributed by atoms with Gasteiger partial charge >= 0.3 is 0 Å². The van der Waals surface area contributed by atoms with E-state index < -0.39 is 5.91 Å². The monoisotopic (exact) mass is 337 g/mol. The van der Waals surface area contributed by atoms with E-state index in [1.807, 2.05) is 30.3 Å². The number of benzene rings is 2. The summed E-state index contributed by atoms with van der Waals surface area (Å²) in [4.78, 5) is 20.0. The van der Waals surface area contributed by atoms with Gasteiger partial charge in [0.1, 0.15) is 17.2 Å². The van der Waals surface area contributed by atoms with Crippen molar-refractivity contribution in [2.75, 3.05) is 10.6 Å². The van der Waals surface area contributed by atoms with Crippen molar-refractivity contribution in [3.8, 4) is 0 Å². The molecule has 0 aliphatic rings. The average Bonchev–Trinajstić information content (AvgIpc) is 2.62. The van der Waals surface area contributed by atoms with Gasteiger partial charge in [0.25, 0.3) is 5.91 Å². The van der Waals surface area contributed by atoms with E-state index in [1.165, 1.54) is 18.3 Å². The Hall–Kier alpha value is -3.48. The molecule has 1 aromatic heterocycles. The third kappa shape index (κ3) is 4.29. The van der Waals surface area contributed by atoms with Crippen molar-refractivity contribution >= 4 is 23.4 Å². The molecule has 0 atom stereocenters. The van der Waals surface area contributed by atoms with Gasteiger partial charge in [0.2, 0.25) is 5.95 Å². The van der Waals surface area contributed by atoms with Gasteiger partial charge in [0.15, 0.2) is 0 Å². The zero-order valence-corrected chi connectivity index (χ0v) is 13.2. The number of nitrogens with zero attached hydrogens (tertiary/aromatic N) is 2. The molecule has 1 heterocycles. The maximum absolute atomic E-state index is 12.9. The molecule has 6 nitrogen and oxygen atoms in total. The Labute approximate surface area is 143 Å². The second kappa shape index (κ2) is 7.39. The number of rotatable bonds is 6. The van der Waals surface area contributed by atoms with Gasteiger partial charge in [0, 0.05) is 18.4 Å². The van der Waals surface area contributed by atoms with Crippen LogP contribution >= 0.6 is 0 Å². The minimum Gasteiger partial charge on any atom is -0.365 e. The fourth-order valence-electron chi connectivity index (χ4n) is 2.18. The predicted molar refractivity (Wildman–Crippen MR) is 94.0 cm³/mol. The first-order valence-corrected chi connectivity index (χ1v) is 7.59. The van der Waals surface area contributed by atoms with Crippen molar-refractivity contribution in [1.82, 2.24) is 9.97 Å². The number of halogens is 1. The Morgan fingerprint density at radius 3 is 2.48 bits per heavy atom. The molecule has 1 amide bonds. The van der Waals surface area contributed by atoms with E-state index in [-0.39, 0.29) is 11.4 Å². The maximum Gasteiger partial charge on any atom is 0.254 e. The number of hydrogen-bond donors (Lipinski definition) is 3. The van der Waals surface area contributed by atoms with Crippen LogP contribution in [0.15, 0.2) is 60.8 Å². The molecule has 3 rings (SSSR count). The van der Waals surface area contributed by atoms with Crippen LogP contribution in [0, 0.1) is 5.82 Å². The SMILES string of the molecule is NC(=O)c1cnc(NCc2ccc(F)cc2)nc1Nc1ccccc1. The van der Waals surface area contributed by atoms with Gasteiger partial charge in [0.05, 0.1) is 0 Å². The smallest absolute Gasteiger partial charge is 0.254 e. The number of amides is 1. The summed E-state index contributed by atoms with van der Waals surface area (Å²) >= 11 is 0. The van der Waals surface area contributed by atoms with Crippen LogP contribution in [0.2, 0.25) is 0 Å². The molecule has 0 unspecified atom stereocenters. The fraction of sp³-hybridized carbons (Fsp3) is 0.0556. The molecule has 0 radical (unpaired) electrons. The maximum atomic E-state index is 12.9. The first-order valence-electron chi connectivity index (χ1n) is 7.59. The van der Waals surface area contributed by atoms with Crippen molar-refractivity contribution in [2.45, 2.75) is 6.54 Å². The third-order valence-electron chi connectivity index (χ3n) is 3.45. The molecule has 0 fully saturated rings. The largest absolute Gasteiger partial charge is 0.365 e. The van der Waals surface area contributed by atoms with E-state index in [1.54, 1.807) is 12.1 Å². The van der Waals surface area contributed by atoms with E-state index in [4.69, 9.17) is 5.73 Å². The first-order chi connectivity index (χ1) is 12.1. The average molecular weight is 337 g/mol. The third-order valence-corrected chi connectivity index (χ3v) is 3.45. The minimum absolute atomic E-state index is 0.191. The van der Waals surface area contributed by atoms with Crippen LogP contribution < -0.4 is 16.4 Å². The highest BCUT2D eigenvalue weighted by Crippen LogP contribution is 2.19. The van der Waals surface area contributed by atoms with Crippen LogP contribution in [0.25, 0.3) is 0 Å². The first kappa shape index (κ1) is 16.4. The van der Waals surface area contributed by atoms with E-state index in [2.05, 4.69) is 20.6 Å². The summed E-state index contributed by atoms with van der Waals surface area (Å²) in [5, 5.41) is 6.09. The molecule has 0 aliphatic heterocycles. The lowest BCUT2D eigenvalue weighted by Crippen LogP contribution is -2.16. The topological polar surface area (TPSA) is 92.9 Å². The lowest BCUT2D eigenvalue weighted by molar-refractivity contribution is 0.100. The van der Waals surface area contributed by atoms with Gasteiger partial charge in [-0.3, -0.25) is 4.79 Å². The Morgan fingerprint density at radius 1 is 1.08 bits per heavy atom. The molecular weight excluding hydrogens is 321 g/mol. The molecule has 0 bridgehead atoms. The number of nitrogens with two attached hydrogens (primary N) is 1. The summed E-state index contributed by atoms with van der Waals surface area (Å²) in [5.41, 5.74) is 7.22. The standard InChI is InChI=1S/C18H16FN5O/c19-13-8-6-12(7-9-13)10-21-18-22-11-15(16(20)25)17(24-18)23-14-4-2-1-3-5-14/h1-9,11H,10H2,(H2,20,25)(H2,21,22,23,24). The van der Waals surface area contributed by atoms with E-state index in [0.717, 1.165) is 11.3 Å². The summed E-state index contributed by atoms with van der Waals surface area (Å²) < 4.78 is 12.9. The van der Waals surface area contributed by atoms with Crippen molar-refractivity contribution < 1.29 is 9.18 Å². The molecule has 126 valence electrons. The van der Waals surface area contributed by atoms with Crippen molar-refractivity contribution in [3.05, 3.63) is 77.7 Å². The number of primary amides is 1. The number of carbonyl (C=O) groups is 1. The van der Waals surface area contributed by atoms with Crippen LogP contribution in [0.5, 0.6) is 0 Å². The summed E-state index contributed by atoms with van der Waals surface area (Å²) in [6.45, 7) is 0.418. The second-order valence-corrected chi connectivity index (χ2v) is 5.29.